The van der Waals surface area contributed by atoms with Gasteiger partial charge in [-0.25, -0.2) is 0 Å². The Morgan fingerprint density at radius 2 is 2.10 bits per heavy atom. The molecule has 0 spiro atoms. The van der Waals surface area contributed by atoms with Crippen LogP contribution in [0.5, 0.6) is 0 Å². The van der Waals surface area contributed by atoms with Crippen molar-refractivity contribution in [1.82, 2.24) is 5.32 Å². The van der Waals surface area contributed by atoms with Crippen LogP contribution in [-0.4, -0.2) is 39.4 Å². The summed E-state index contributed by atoms with van der Waals surface area (Å²) in [7, 11) is 1.65. The summed E-state index contributed by atoms with van der Waals surface area (Å²) in [4.78, 5) is 11.9. The van der Waals surface area contributed by atoms with Gasteiger partial charge in [-0.05, 0) is 47.0 Å². The van der Waals surface area contributed by atoms with E-state index in [2.05, 4.69) is 21.2 Å². The lowest BCUT2D eigenvalue weighted by Crippen LogP contribution is -2.24. The summed E-state index contributed by atoms with van der Waals surface area (Å²) < 4.78 is 11.0. The zero-order valence-electron chi connectivity index (χ0n) is 11.7. The molecular weight excluding hydrogens is 324 g/mol. The molecule has 0 fully saturated rings. The van der Waals surface area contributed by atoms with Gasteiger partial charge in [-0.2, -0.15) is 0 Å². The molecule has 1 aromatic carbocycles. The van der Waals surface area contributed by atoms with Gasteiger partial charge in [-0.1, -0.05) is 0 Å². The Kier molecular flexibility index (Phi) is 8.25. The summed E-state index contributed by atoms with van der Waals surface area (Å²) in [5.41, 5.74) is 6.87. The Labute approximate surface area is 127 Å². The fourth-order valence-electron chi connectivity index (χ4n) is 1.56. The number of halogens is 1. The summed E-state index contributed by atoms with van der Waals surface area (Å²) in [5.74, 6) is -0.107. The summed E-state index contributed by atoms with van der Waals surface area (Å²) in [5, 5.41) is 2.86. The van der Waals surface area contributed by atoms with E-state index in [1.807, 2.05) is 0 Å². The smallest absolute Gasteiger partial charge is 0.251 e. The maximum Gasteiger partial charge on any atom is 0.251 e. The molecule has 112 valence electrons. The summed E-state index contributed by atoms with van der Waals surface area (Å²) in [6.07, 6.45) is 1.79. The molecule has 0 atom stereocenters. The third-order valence-corrected chi connectivity index (χ3v) is 3.41. The van der Waals surface area contributed by atoms with Crippen LogP contribution in [0, 0.1) is 0 Å². The van der Waals surface area contributed by atoms with Crippen LogP contribution in [0.1, 0.15) is 23.2 Å². The number of nitrogens with two attached hydrogens (primary N) is 1. The maximum atomic E-state index is 11.9. The first-order valence-electron chi connectivity index (χ1n) is 6.55. The predicted octanol–water partition coefficient (Wildman–Crippen LogP) is 2.20. The molecule has 0 aliphatic heterocycles. The Bertz CT molecular complexity index is 427. The number of methoxy groups -OCH3 is 1. The second-order valence-corrected chi connectivity index (χ2v) is 5.16. The van der Waals surface area contributed by atoms with E-state index in [0.29, 0.717) is 37.6 Å². The van der Waals surface area contributed by atoms with E-state index in [-0.39, 0.29) is 5.91 Å². The summed E-state index contributed by atoms with van der Waals surface area (Å²) >= 11 is 3.30. The van der Waals surface area contributed by atoms with E-state index >= 15 is 0 Å². The molecule has 0 saturated heterocycles. The molecule has 6 heteroatoms. The van der Waals surface area contributed by atoms with Crippen molar-refractivity contribution >= 4 is 27.5 Å². The highest BCUT2D eigenvalue weighted by atomic mass is 79.9. The molecule has 0 saturated carbocycles. The minimum Gasteiger partial charge on any atom is -0.398 e. The van der Waals surface area contributed by atoms with Gasteiger partial charge in [0.2, 0.25) is 0 Å². The van der Waals surface area contributed by atoms with Crippen molar-refractivity contribution in [3.8, 4) is 0 Å². The molecule has 0 aromatic heterocycles. The average Bonchev–Trinajstić information content (AvgIpc) is 2.44. The van der Waals surface area contributed by atoms with Gasteiger partial charge in [0, 0.05) is 36.0 Å². The lowest BCUT2D eigenvalue weighted by atomic mass is 10.2. The number of carbonyl (C=O) groups excluding carboxylic acids is 1. The van der Waals surface area contributed by atoms with Crippen LogP contribution in [-0.2, 0) is 9.47 Å². The molecule has 1 amide bonds. The first-order valence-corrected chi connectivity index (χ1v) is 7.34. The lowest BCUT2D eigenvalue weighted by Gasteiger charge is -2.07. The summed E-state index contributed by atoms with van der Waals surface area (Å²) in [6, 6.07) is 5.17. The fourth-order valence-corrected chi connectivity index (χ4v) is 1.81. The third-order valence-electron chi connectivity index (χ3n) is 2.69. The third kappa shape index (κ3) is 6.36. The van der Waals surface area contributed by atoms with Crippen molar-refractivity contribution in [3.05, 3.63) is 28.2 Å². The van der Waals surface area contributed by atoms with E-state index in [9.17, 15) is 4.79 Å². The largest absolute Gasteiger partial charge is 0.398 e. The number of hydrogen-bond donors (Lipinski definition) is 2. The van der Waals surface area contributed by atoms with Gasteiger partial charge in [0.25, 0.3) is 5.91 Å². The minimum absolute atomic E-state index is 0.107. The minimum atomic E-state index is -0.107. The first kappa shape index (κ1) is 16.9. The molecule has 0 radical (unpaired) electrons. The lowest BCUT2D eigenvalue weighted by molar-refractivity contribution is 0.0686. The highest BCUT2D eigenvalue weighted by Crippen LogP contribution is 2.20. The first-order chi connectivity index (χ1) is 9.65. The second kappa shape index (κ2) is 9.74. The van der Waals surface area contributed by atoms with Crippen LogP contribution in [0.4, 0.5) is 5.69 Å². The molecule has 0 aliphatic rings. The van der Waals surface area contributed by atoms with Crippen molar-refractivity contribution in [2.75, 3.05) is 39.2 Å². The number of nitrogens with one attached hydrogen (secondary N) is 1. The highest BCUT2D eigenvalue weighted by molar-refractivity contribution is 9.10. The standard InChI is InChI=1S/C14H21BrN2O3/c1-19-8-9-20-7-3-2-6-17-14(18)11-4-5-12(15)13(16)10-11/h4-5,10H,2-3,6-9,16H2,1H3,(H,17,18). The number of rotatable bonds is 9. The van der Waals surface area contributed by atoms with Crippen molar-refractivity contribution in [2.45, 2.75) is 12.8 Å². The van der Waals surface area contributed by atoms with Crippen LogP contribution in [0.15, 0.2) is 22.7 Å². The fraction of sp³-hybridized carbons (Fsp3) is 0.500. The molecule has 20 heavy (non-hydrogen) atoms. The molecular formula is C14H21BrN2O3. The predicted molar refractivity (Wildman–Crippen MR) is 82.8 cm³/mol. The summed E-state index contributed by atoms with van der Waals surface area (Å²) in [6.45, 7) is 2.54. The zero-order chi connectivity index (χ0) is 14.8. The van der Waals surface area contributed by atoms with Gasteiger partial charge in [-0.3, -0.25) is 4.79 Å². The second-order valence-electron chi connectivity index (χ2n) is 4.30. The van der Waals surface area contributed by atoms with Crippen LogP contribution >= 0.6 is 15.9 Å². The maximum absolute atomic E-state index is 11.9. The molecule has 3 N–H and O–H groups in total. The van der Waals surface area contributed by atoms with Crippen LogP contribution in [0.25, 0.3) is 0 Å². The quantitative estimate of drug-likeness (QED) is 0.532. The Morgan fingerprint density at radius 3 is 2.80 bits per heavy atom. The molecule has 0 heterocycles. The van der Waals surface area contributed by atoms with E-state index in [1.54, 1.807) is 25.3 Å². The van der Waals surface area contributed by atoms with Gasteiger partial charge < -0.3 is 20.5 Å². The van der Waals surface area contributed by atoms with E-state index in [0.717, 1.165) is 17.3 Å². The normalized spacial score (nSPS) is 10.5. The van der Waals surface area contributed by atoms with E-state index < -0.39 is 0 Å². The van der Waals surface area contributed by atoms with Gasteiger partial charge in [0.05, 0.1) is 13.2 Å². The van der Waals surface area contributed by atoms with Crippen molar-refractivity contribution in [3.63, 3.8) is 0 Å². The molecule has 1 aromatic rings. The van der Waals surface area contributed by atoms with Crippen molar-refractivity contribution in [2.24, 2.45) is 0 Å². The van der Waals surface area contributed by atoms with Crippen LogP contribution in [0.3, 0.4) is 0 Å². The number of unbranched alkanes of at least 4 members (excludes halogenated alkanes) is 1. The SMILES string of the molecule is COCCOCCCCNC(=O)c1ccc(Br)c(N)c1. The number of anilines is 1. The Hall–Kier alpha value is -1.11. The Morgan fingerprint density at radius 1 is 1.30 bits per heavy atom. The molecule has 0 bridgehead atoms. The highest BCUT2D eigenvalue weighted by Gasteiger charge is 2.06. The van der Waals surface area contributed by atoms with Crippen LogP contribution in [0.2, 0.25) is 0 Å². The van der Waals surface area contributed by atoms with Gasteiger partial charge in [0.15, 0.2) is 0 Å². The zero-order valence-corrected chi connectivity index (χ0v) is 13.2. The van der Waals surface area contributed by atoms with Gasteiger partial charge >= 0.3 is 0 Å². The number of hydrogen-bond acceptors (Lipinski definition) is 4. The number of nitrogen functional groups attached to an aromatic ring is 1. The molecule has 1 rings (SSSR count). The number of amides is 1. The van der Waals surface area contributed by atoms with E-state index in [4.69, 9.17) is 15.2 Å². The number of carbonyl (C=O) groups is 1. The Balaban J connectivity index is 2.15. The molecule has 0 aliphatic carbocycles. The van der Waals surface area contributed by atoms with Gasteiger partial charge in [0.1, 0.15) is 0 Å². The topological polar surface area (TPSA) is 73.6 Å². The van der Waals surface area contributed by atoms with E-state index in [1.165, 1.54) is 0 Å². The van der Waals surface area contributed by atoms with Crippen molar-refractivity contribution in [1.29, 1.82) is 0 Å². The number of ether oxygens (including phenoxy) is 2. The molecule has 5 nitrogen and oxygen atoms in total. The monoisotopic (exact) mass is 344 g/mol. The number of benzene rings is 1. The molecule has 0 unspecified atom stereocenters. The van der Waals surface area contributed by atoms with Crippen LogP contribution < -0.4 is 11.1 Å². The van der Waals surface area contributed by atoms with Gasteiger partial charge in [-0.15, -0.1) is 0 Å². The van der Waals surface area contributed by atoms with Crippen molar-refractivity contribution < 1.29 is 14.3 Å². The average molecular weight is 345 g/mol.